The molecule has 0 spiro atoms. The second-order valence-corrected chi connectivity index (χ2v) is 13.3. The number of piperidine rings is 1. The molecule has 2 aliphatic heterocycles. The van der Waals surface area contributed by atoms with E-state index in [2.05, 4.69) is 21.2 Å². The smallest absolute Gasteiger partial charge is 0.322 e. The van der Waals surface area contributed by atoms with Gasteiger partial charge < -0.3 is 25.6 Å². The maximum Gasteiger partial charge on any atom is 0.322 e. The number of hydrogen-bond donors (Lipinski definition) is 2. The molecular weight excluding hydrogens is 544 g/mol. The second kappa shape index (κ2) is 11.0. The molecule has 228 valence electrons. The van der Waals surface area contributed by atoms with E-state index in [4.69, 9.17) is 15.5 Å². The van der Waals surface area contributed by atoms with Gasteiger partial charge in [0.2, 0.25) is 5.91 Å². The lowest BCUT2D eigenvalue weighted by molar-refractivity contribution is -0.148. The van der Waals surface area contributed by atoms with Crippen LogP contribution in [-0.4, -0.2) is 61.7 Å². The van der Waals surface area contributed by atoms with Gasteiger partial charge in [-0.25, -0.2) is 9.78 Å². The summed E-state index contributed by atoms with van der Waals surface area (Å²) in [6, 6.07) is 12.2. The Balaban J connectivity index is 1.02. The summed E-state index contributed by atoms with van der Waals surface area (Å²) in [7, 11) is 0. The number of primary amides is 1. The van der Waals surface area contributed by atoms with E-state index in [1.807, 2.05) is 48.4 Å². The second-order valence-electron chi connectivity index (χ2n) is 13.3. The van der Waals surface area contributed by atoms with Crippen LogP contribution in [0.15, 0.2) is 42.6 Å². The van der Waals surface area contributed by atoms with Gasteiger partial charge in [-0.05, 0) is 93.9 Å². The number of para-hydroxylation sites is 2. The lowest BCUT2D eigenvalue weighted by Gasteiger charge is -2.59. The highest BCUT2D eigenvalue weighted by atomic mass is 16.5. The number of pyridine rings is 1. The highest BCUT2D eigenvalue weighted by Gasteiger charge is 2.58. The molecule has 5 atom stereocenters. The molecule has 1 aromatic carbocycles. The fraction of sp³-hybridized carbons (Fsp3) is 0.576. The largest absolute Gasteiger partial charge is 0.466 e. The third-order valence-corrected chi connectivity index (χ3v) is 10.8. The minimum Gasteiger partial charge on any atom is -0.466 e. The number of amides is 3. The van der Waals surface area contributed by atoms with Crippen molar-refractivity contribution < 1.29 is 19.1 Å². The molecule has 3 amide bonds. The number of nitrogens with one attached hydrogen (secondary N) is 1. The van der Waals surface area contributed by atoms with Gasteiger partial charge in [0.1, 0.15) is 5.82 Å². The van der Waals surface area contributed by atoms with Gasteiger partial charge in [-0.3, -0.25) is 14.5 Å². The first-order valence-corrected chi connectivity index (χ1v) is 16.0. The minimum atomic E-state index is -0.364. The highest BCUT2D eigenvalue weighted by Crippen LogP contribution is 2.60. The molecule has 4 aliphatic carbocycles. The van der Waals surface area contributed by atoms with Crippen molar-refractivity contribution in [2.24, 2.45) is 34.8 Å². The maximum absolute atomic E-state index is 13.8. The van der Waals surface area contributed by atoms with E-state index in [0.717, 1.165) is 80.9 Å². The van der Waals surface area contributed by atoms with Crippen LogP contribution in [0.5, 0.6) is 0 Å². The summed E-state index contributed by atoms with van der Waals surface area (Å²) in [5.74, 6) is 1.77. The Bertz CT molecular complexity index is 1370. The number of anilines is 4. The van der Waals surface area contributed by atoms with Crippen molar-refractivity contribution in [3.05, 3.63) is 42.6 Å². The van der Waals surface area contributed by atoms with Crippen LogP contribution in [-0.2, 0) is 14.3 Å². The van der Waals surface area contributed by atoms with Crippen LogP contribution in [0.4, 0.5) is 27.7 Å². The number of carbonyl (C=O) groups is 3. The van der Waals surface area contributed by atoms with E-state index >= 15 is 0 Å². The molecule has 3 heterocycles. The Hall–Kier alpha value is -3.82. The fourth-order valence-electron chi connectivity index (χ4n) is 8.95. The number of fused-ring (bicyclic) bond motifs is 1. The van der Waals surface area contributed by atoms with Gasteiger partial charge in [-0.2, -0.15) is 0 Å². The van der Waals surface area contributed by atoms with Gasteiger partial charge in [-0.15, -0.1) is 0 Å². The molecule has 0 radical (unpaired) electrons. The lowest BCUT2D eigenvalue weighted by atomic mass is 9.47. The van der Waals surface area contributed by atoms with Crippen molar-refractivity contribution in [2.45, 2.75) is 57.9 Å². The van der Waals surface area contributed by atoms with E-state index in [1.54, 1.807) is 0 Å². The number of hydrogen-bond acceptors (Lipinski definition) is 7. The van der Waals surface area contributed by atoms with Crippen LogP contribution >= 0.6 is 0 Å². The molecule has 2 aromatic rings. The summed E-state index contributed by atoms with van der Waals surface area (Å²) in [5.41, 5.74) is 8.39. The predicted octanol–water partition coefficient (Wildman–Crippen LogP) is 4.21. The van der Waals surface area contributed by atoms with Crippen LogP contribution in [0.2, 0.25) is 0 Å². The Labute approximate surface area is 252 Å². The van der Waals surface area contributed by atoms with Crippen molar-refractivity contribution in [3.8, 4) is 0 Å². The van der Waals surface area contributed by atoms with Crippen molar-refractivity contribution in [1.29, 1.82) is 0 Å². The average molecular weight is 587 g/mol. The summed E-state index contributed by atoms with van der Waals surface area (Å²) < 4.78 is 5.21. The first kappa shape index (κ1) is 28.0. The van der Waals surface area contributed by atoms with Crippen LogP contribution < -0.4 is 25.8 Å². The molecule has 10 heteroatoms. The number of nitrogens with zero attached hydrogens (tertiary/aromatic N) is 4. The number of benzene rings is 1. The molecule has 5 fully saturated rings. The number of esters is 1. The number of carbonyl (C=O) groups excluding carboxylic acids is 3. The number of nitrogens with two attached hydrogens (primary N) is 1. The van der Waals surface area contributed by atoms with E-state index in [1.165, 1.54) is 0 Å². The van der Waals surface area contributed by atoms with E-state index in [-0.39, 0.29) is 35.3 Å². The van der Waals surface area contributed by atoms with Gasteiger partial charge >= 0.3 is 12.0 Å². The molecule has 43 heavy (non-hydrogen) atoms. The van der Waals surface area contributed by atoms with Gasteiger partial charge in [0.15, 0.2) is 0 Å². The van der Waals surface area contributed by atoms with Crippen molar-refractivity contribution >= 4 is 40.8 Å². The number of urea groups is 1. The summed E-state index contributed by atoms with van der Waals surface area (Å²) in [4.78, 5) is 49.4. The van der Waals surface area contributed by atoms with E-state index < -0.39 is 0 Å². The Kier molecular flexibility index (Phi) is 7.18. The molecular formula is C33H42N6O4. The molecule has 1 aromatic heterocycles. The fourth-order valence-corrected chi connectivity index (χ4v) is 8.95. The first-order valence-electron chi connectivity index (χ1n) is 16.0. The Morgan fingerprint density at radius 1 is 0.977 bits per heavy atom. The molecule has 8 rings (SSSR count). The normalized spacial score (nSPS) is 29.7. The molecule has 3 unspecified atom stereocenters. The van der Waals surface area contributed by atoms with Gasteiger partial charge in [-0.1, -0.05) is 12.1 Å². The molecule has 4 bridgehead atoms. The van der Waals surface area contributed by atoms with Crippen LogP contribution in [0, 0.1) is 29.1 Å². The Morgan fingerprint density at radius 2 is 1.70 bits per heavy atom. The maximum atomic E-state index is 13.8. The van der Waals surface area contributed by atoms with E-state index in [0.29, 0.717) is 37.5 Å². The standard InChI is InChI=1S/C33H42N6O4/c1-2-43-30(40)22-9-11-37(12-10-22)25-7-8-28(35-20-25)38-13-14-39(27-6-4-3-5-26(27)38)32(42)36-29-23-15-21-16-24(29)19-33(17-21,18-23)31(34)41/h3-8,20-24,29H,2,9-19H2,1H3,(H2,34,41)(H,36,42)/t21?,23-,24+,29?,33?. The first-order chi connectivity index (χ1) is 20.8. The minimum absolute atomic E-state index is 0.0245. The topological polar surface area (TPSA) is 121 Å². The van der Waals surface area contributed by atoms with Crippen molar-refractivity contribution in [1.82, 2.24) is 10.3 Å². The van der Waals surface area contributed by atoms with Crippen LogP contribution in [0.1, 0.15) is 51.9 Å². The SMILES string of the molecule is CCOC(=O)C1CCN(c2ccc(N3CCN(C(=O)NC4[C@@H]5CC6C[C@H]4CC(C(N)=O)(C6)C5)c4ccccc43)nc2)CC1. The predicted molar refractivity (Wildman–Crippen MR) is 164 cm³/mol. The van der Waals surface area contributed by atoms with Crippen molar-refractivity contribution in [3.63, 3.8) is 0 Å². The third kappa shape index (κ3) is 4.98. The summed E-state index contributed by atoms with van der Waals surface area (Å²) >= 11 is 0. The average Bonchev–Trinajstić information content (AvgIpc) is 3.02. The van der Waals surface area contributed by atoms with Crippen LogP contribution in [0.3, 0.4) is 0 Å². The van der Waals surface area contributed by atoms with Gasteiger partial charge in [0.25, 0.3) is 0 Å². The zero-order valence-electron chi connectivity index (χ0n) is 24.9. The summed E-state index contributed by atoms with van der Waals surface area (Å²) in [6.45, 7) is 5.05. The quantitative estimate of drug-likeness (QED) is 0.487. The summed E-state index contributed by atoms with van der Waals surface area (Å²) in [6.07, 6.45) is 8.16. The molecule has 1 saturated heterocycles. The van der Waals surface area contributed by atoms with Gasteiger partial charge in [0.05, 0.1) is 35.8 Å². The monoisotopic (exact) mass is 586 g/mol. The molecule has 4 saturated carbocycles. The highest BCUT2D eigenvalue weighted by molar-refractivity contribution is 5.98. The Morgan fingerprint density at radius 3 is 2.35 bits per heavy atom. The van der Waals surface area contributed by atoms with Gasteiger partial charge in [0, 0.05) is 37.6 Å². The molecule has 3 N–H and O–H groups in total. The number of aromatic nitrogens is 1. The number of rotatable bonds is 6. The zero-order chi connectivity index (χ0) is 29.7. The van der Waals surface area contributed by atoms with E-state index in [9.17, 15) is 14.4 Å². The molecule has 10 nitrogen and oxygen atoms in total. The molecule has 6 aliphatic rings. The van der Waals surface area contributed by atoms with Crippen LogP contribution in [0.25, 0.3) is 0 Å². The number of ether oxygens (including phenoxy) is 1. The lowest BCUT2D eigenvalue weighted by Crippen LogP contribution is -2.63. The summed E-state index contributed by atoms with van der Waals surface area (Å²) in [5, 5.41) is 3.41. The zero-order valence-corrected chi connectivity index (χ0v) is 24.9. The van der Waals surface area contributed by atoms with Crippen molar-refractivity contribution in [2.75, 3.05) is 47.5 Å². The third-order valence-electron chi connectivity index (χ3n) is 10.8.